The minimum absolute atomic E-state index is 0.0787. The Morgan fingerprint density at radius 3 is 2.83 bits per heavy atom. The van der Waals surface area contributed by atoms with Gasteiger partial charge in [-0.1, -0.05) is 0 Å². The van der Waals surface area contributed by atoms with E-state index in [0.717, 1.165) is 18.8 Å². The molecule has 1 fully saturated rings. The summed E-state index contributed by atoms with van der Waals surface area (Å²) >= 11 is 0. The standard InChI is InChI=1S/C13H15F3N6O/c1-20(5-6-21-4-2-3-11(21)23)10-7-9(13(14,15)16)19-12-17-8-18-22(10)12/h7-8H,2-6H2,1H3. The van der Waals surface area contributed by atoms with Gasteiger partial charge in [-0.3, -0.25) is 4.79 Å². The molecule has 2 aromatic rings. The first-order valence-electron chi connectivity index (χ1n) is 7.13. The Kier molecular flexibility index (Phi) is 3.82. The van der Waals surface area contributed by atoms with Crippen molar-refractivity contribution in [3.8, 4) is 0 Å². The van der Waals surface area contributed by atoms with Crippen LogP contribution in [0.1, 0.15) is 18.5 Å². The van der Waals surface area contributed by atoms with Gasteiger partial charge in [0.1, 0.15) is 12.1 Å². The molecular weight excluding hydrogens is 313 g/mol. The molecule has 0 spiro atoms. The molecule has 0 aliphatic carbocycles. The Hall–Kier alpha value is -2.39. The zero-order chi connectivity index (χ0) is 16.6. The number of fused-ring (bicyclic) bond motifs is 1. The van der Waals surface area contributed by atoms with Crippen LogP contribution in [0.3, 0.4) is 0 Å². The number of likely N-dealkylation sites (tertiary alicyclic amines) is 1. The van der Waals surface area contributed by atoms with Gasteiger partial charge >= 0.3 is 6.18 Å². The molecule has 7 nitrogen and oxygen atoms in total. The van der Waals surface area contributed by atoms with Crippen LogP contribution >= 0.6 is 0 Å². The summed E-state index contributed by atoms with van der Waals surface area (Å²) in [6, 6.07) is 0.938. The lowest BCUT2D eigenvalue weighted by molar-refractivity contribution is -0.141. The Balaban J connectivity index is 1.85. The van der Waals surface area contributed by atoms with Crippen LogP contribution in [-0.4, -0.2) is 57.1 Å². The molecule has 0 bridgehead atoms. The highest BCUT2D eigenvalue weighted by Gasteiger charge is 2.34. The number of nitrogens with zero attached hydrogens (tertiary/aromatic N) is 6. The van der Waals surface area contributed by atoms with E-state index in [1.54, 1.807) is 16.8 Å². The van der Waals surface area contributed by atoms with E-state index in [0.29, 0.717) is 26.1 Å². The average molecular weight is 328 g/mol. The molecule has 0 aromatic carbocycles. The van der Waals surface area contributed by atoms with Crippen molar-refractivity contribution in [3.63, 3.8) is 0 Å². The Labute approximate surface area is 129 Å². The summed E-state index contributed by atoms with van der Waals surface area (Å²) in [5, 5.41) is 3.91. The van der Waals surface area contributed by atoms with Gasteiger partial charge in [-0.05, 0) is 6.42 Å². The summed E-state index contributed by atoms with van der Waals surface area (Å²) < 4.78 is 40.1. The number of rotatable bonds is 4. The highest BCUT2D eigenvalue weighted by molar-refractivity contribution is 5.78. The summed E-state index contributed by atoms with van der Waals surface area (Å²) in [6.45, 7) is 1.53. The summed E-state index contributed by atoms with van der Waals surface area (Å²) in [5.74, 6) is 0.195. The summed E-state index contributed by atoms with van der Waals surface area (Å²) in [6.07, 6.45) is -2.05. The van der Waals surface area contributed by atoms with E-state index in [9.17, 15) is 18.0 Å². The number of hydrogen-bond donors (Lipinski definition) is 0. The van der Waals surface area contributed by atoms with E-state index >= 15 is 0 Å². The topological polar surface area (TPSA) is 66.6 Å². The van der Waals surface area contributed by atoms with E-state index in [1.807, 2.05) is 0 Å². The van der Waals surface area contributed by atoms with Gasteiger partial charge in [0.05, 0.1) is 0 Å². The maximum atomic E-state index is 13.0. The van der Waals surface area contributed by atoms with Crippen LogP contribution in [0.5, 0.6) is 0 Å². The molecule has 1 amide bonds. The molecule has 1 aliphatic heterocycles. The number of alkyl halides is 3. The maximum Gasteiger partial charge on any atom is 0.433 e. The highest BCUT2D eigenvalue weighted by atomic mass is 19.4. The quantitative estimate of drug-likeness (QED) is 0.844. The van der Waals surface area contributed by atoms with E-state index in [4.69, 9.17) is 0 Å². The van der Waals surface area contributed by atoms with Gasteiger partial charge in [-0.2, -0.15) is 27.8 Å². The predicted molar refractivity (Wildman–Crippen MR) is 74.9 cm³/mol. The van der Waals surface area contributed by atoms with Crippen molar-refractivity contribution in [2.45, 2.75) is 19.0 Å². The molecule has 2 aromatic heterocycles. The number of halogens is 3. The Morgan fingerprint density at radius 2 is 2.17 bits per heavy atom. The molecule has 3 rings (SSSR count). The molecule has 3 heterocycles. The monoisotopic (exact) mass is 328 g/mol. The summed E-state index contributed by atoms with van der Waals surface area (Å²) in [7, 11) is 1.65. The van der Waals surface area contributed by atoms with Gasteiger partial charge in [0.15, 0.2) is 5.69 Å². The third kappa shape index (κ3) is 3.06. The van der Waals surface area contributed by atoms with Crippen LogP contribution in [0.15, 0.2) is 12.4 Å². The van der Waals surface area contributed by atoms with Crippen LogP contribution < -0.4 is 4.90 Å². The van der Waals surface area contributed by atoms with Gasteiger partial charge in [0.2, 0.25) is 5.91 Å². The Bertz CT molecular complexity index is 728. The largest absolute Gasteiger partial charge is 0.433 e. The summed E-state index contributed by atoms with van der Waals surface area (Å²) in [5.41, 5.74) is -1.02. The number of carbonyl (C=O) groups excluding carboxylic acids is 1. The molecule has 10 heteroatoms. The fourth-order valence-electron chi connectivity index (χ4n) is 2.54. The molecule has 23 heavy (non-hydrogen) atoms. The Morgan fingerprint density at radius 1 is 1.39 bits per heavy atom. The molecule has 1 saturated heterocycles. The van der Waals surface area contributed by atoms with Gasteiger partial charge in [-0.25, -0.2) is 4.98 Å². The SMILES string of the molecule is CN(CCN1CCCC1=O)c1cc(C(F)(F)F)nc2ncnn12. The van der Waals surface area contributed by atoms with Crippen LogP contribution in [0.25, 0.3) is 5.78 Å². The molecule has 1 aliphatic rings. The van der Waals surface area contributed by atoms with E-state index in [-0.39, 0.29) is 17.5 Å². The third-order valence-electron chi connectivity index (χ3n) is 3.79. The number of anilines is 1. The lowest BCUT2D eigenvalue weighted by Gasteiger charge is -2.24. The first kappa shape index (κ1) is 15.5. The molecule has 0 unspecified atom stereocenters. The second-order valence-corrected chi connectivity index (χ2v) is 5.38. The number of carbonyl (C=O) groups is 1. The normalized spacial score (nSPS) is 15.7. The molecule has 0 radical (unpaired) electrons. The fourth-order valence-corrected chi connectivity index (χ4v) is 2.54. The van der Waals surface area contributed by atoms with Gasteiger partial charge < -0.3 is 9.80 Å². The lowest BCUT2D eigenvalue weighted by atomic mass is 10.3. The third-order valence-corrected chi connectivity index (χ3v) is 3.79. The molecular formula is C13H15F3N6O. The second-order valence-electron chi connectivity index (χ2n) is 5.38. The van der Waals surface area contributed by atoms with Gasteiger partial charge in [-0.15, -0.1) is 0 Å². The second kappa shape index (κ2) is 5.67. The van der Waals surface area contributed by atoms with Crippen molar-refractivity contribution >= 4 is 17.5 Å². The lowest BCUT2D eigenvalue weighted by Crippen LogP contribution is -2.35. The van der Waals surface area contributed by atoms with Crippen molar-refractivity contribution < 1.29 is 18.0 Å². The summed E-state index contributed by atoms with van der Waals surface area (Å²) in [4.78, 5) is 22.1. The van der Waals surface area contributed by atoms with E-state index in [1.165, 1.54) is 4.52 Å². The van der Waals surface area contributed by atoms with Crippen molar-refractivity contribution in [2.24, 2.45) is 0 Å². The molecule has 0 saturated carbocycles. The van der Waals surface area contributed by atoms with Crippen LogP contribution in [0, 0.1) is 0 Å². The number of amides is 1. The van der Waals surface area contributed by atoms with Crippen molar-refractivity contribution in [2.75, 3.05) is 31.6 Å². The van der Waals surface area contributed by atoms with Crippen LogP contribution in [0.2, 0.25) is 0 Å². The zero-order valence-electron chi connectivity index (χ0n) is 12.4. The average Bonchev–Trinajstić information content (AvgIpc) is 3.11. The van der Waals surface area contributed by atoms with E-state index < -0.39 is 11.9 Å². The smallest absolute Gasteiger partial charge is 0.358 e. The molecule has 0 N–H and O–H groups in total. The highest BCUT2D eigenvalue weighted by Crippen LogP contribution is 2.30. The zero-order valence-corrected chi connectivity index (χ0v) is 12.4. The minimum Gasteiger partial charge on any atom is -0.358 e. The van der Waals surface area contributed by atoms with Gasteiger partial charge in [0, 0.05) is 39.2 Å². The van der Waals surface area contributed by atoms with E-state index in [2.05, 4.69) is 15.1 Å². The number of aromatic nitrogens is 4. The van der Waals surface area contributed by atoms with Crippen molar-refractivity contribution in [1.82, 2.24) is 24.5 Å². The van der Waals surface area contributed by atoms with Crippen molar-refractivity contribution in [3.05, 3.63) is 18.1 Å². The fraction of sp³-hybridized carbons (Fsp3) is 0.538. The maximum absolute atomic E-state index is 13.0. The minimum atomic E-state index is -4.56. The van der Waals surface area contributed by atoms with Gasteiger partial charge in [0.25, 0.3) is 5.78 Å². The van der Waals surface area contributed by atoms with Crippen LogP contribution in [0.4, 0.5) is 19.0 Å². The number of hydrogen-bond acceptors (Lipinski definition) is 5. The first-order valence-corrected chi connectivity index (χ1v) is 7.13. The number of likely N-dealkylation sites (N-methyl/N-ethyl adjacent to an activating group) is 1. The molecule has 124 valence electrons. The van der Waals surface area contributed by atoms with Crippen LogP contribution in [-0.2, 0) is 11.0 Å². The van der Waals surface area contributed by atoms with Crippen molar-refractivity contribution in [1.29, 1.82) is 0 Å². The molecule has 0 atom stereocenters. The predicted octanol–water partition coefficient (Wildman–Crippen LogP) is 1.20. The first-order chi connectivity index (χ1) is 10.9.